The van der Waals surface area contributed by atoms with Crippen molar-refractivity contribution in [1.82, 2.24) is 0 Å². The summed E-state index contributed by atoms with van der Waals surface area (Å²) >= 11 is 0. The molecule has 0 aliphatic heterocycles. The van der Waals surface area contributed by atoms with E-state index in [2.05, 4.69) is 0 Å². The van der Waals surface area contributed by atoms with Crippen LogP contribution in [0.15, 0.2) is 18.2 Å². The van der Waals surface area contributed by atoms with Gasteiger partial charge in [-0.3, -0.25) is 0 Å². The first kappa shape index (κ1) is 14.8. The van der Waals surface area contributed by atoms with Crippen LogP contribution >= 0.6 is 0 Å². The van der Waals surface area contributed by atoms with Crippen molar-refractivity contribution in [3.05, 3.63) is 23.8 Å². The van der Waals surface area contributed by atoms with Crippen LogP contribution in [0.3, 0.4) is 0 Å². The van der Waals surface area contributed by atoms with Crippen molar-refractivity contribution in [2.24, 2.45) is 5.73 Å². The van der Waals surface area contributed by atoms with Crippen LogP contribution in [0.1, 0.15) is 31.2 Å². The Balaban J connectivity index is 3.14. The van der Waals surface area contributed by atoms with E-state index in [4.69, 9.17) is 15.2 Å². The highest BCUT2D eigenvalue weighted by molar-refractivity contribution is 5.43. The summed E-state index contributed by atoms with van der Waals surface area (Å²) in [6, 6.07) is 5.67. The molecular formula is C14H23NO3. The van der Waals surface area contributed by atoms with Crippen molar-refractivity contribution in [3.63, 3.8) is 0 Å². The van der Waals surface area contributed by atoms with Crippen molar-refractivity contribution in [3.8, 4) is 11.5 Å². The van der Waals surface area contributed by atoms with Gasteiger partial charge in [0.25, 0.3) is 0 Å². The van der Waals surface area contributed by atoms with Crippen LogP contribution in [0.25, 0.3) is 0 Å². The Morgan fingerprint density at radius 1 is 1.28 bits per heavy atom. The minimum atomic E-state index is -0.00171. The summed E-state index contributed by atoms with van der Waals surface area (Å²) in [5.41, 5.74) is 7.14. The van der Waals surface area contributed by atoms with Gasteiger partial charge in [-0.25, -0.2) is 0 Å². The van der Waals surface area contributed by atoms with Gasteiger partial charge in [0.1, 0.15) is 11.5 Å². The summed E-state index contributed by atoms with van der Waals surface area (Å²) in [7, 11) is 3.27. The Labute approximate surface area is 109 Å². The second-order valence-electron chi connectivity index (χ2n) is 4.30. The zero-order valence-electron chi connectivity index (χ0n) is 11.3. The SMILES string of the molecule is CCC(N)C(CCO)c1cc(OC)ccc1OC. The van der Waals surface area contributed by atoms with Gasteiger partial charge in [0, 0.05) is 24.1 Å². The van der Waals surface area contributed by atoms with E-state index in [-0.39, 0.29) is 18.6 Å². The maximum Gasteiger partial charge on any atom is 0.122 e. The lowest BCUT2D eigenvalue weighted by Gasteiger charge is -2.24. The molecule has 0 aliphatic carbocycles. The summed E-state index contributed by atoms with van der Waals surface area (Å²) in [5.74, 6) is 1.64. The van der Waals surface area contributed by atoms with Crippen LogP contribution < -0.4 is 15.2 Å². The van der Waals surface area contributed by atoms with Gasteiger partial charge in [-0.2, -0.15) is 0 Å². The van der Waals surface area contributed by atoms with Crippen molar-refractivity contribution in [1.29, 1.82) is 0 Å². The largest absolute Gasteiger partial charge is 0.497 e. The number of benzene rings is 1. The second kappa shape index (κ2) is 7.24. The Morgan fingerprint density at radius 3 is 2.50 bits per heavy atom. The van der Waals surface area contributed by atoms with Crippen LogP contribution in [0.5, 0.6) is 11.5 Å². The second-order valence-corrected chi connectivity index (χ2v) is 4.30. The molecular weight excluding hydrogens is 230 g/mol. The van der Waals surface area contributed by atoms with Gasteiger partial charge in [-0.15, -0.1) is 0 Å². The quantitative estimate of drug-likeness (QED) is 0.779. The maximum absolute atomic E-state index is 9.20. The van der Waals surface area contributed by atoms with E-state index in [0.717, 1.165) is 23.5 Å². The zero-order chi connectivity index (χ0) is 13.5. The van der Waals surface area contributed by atoms with Crippen LogP contribution in [0.4, 0.5) is 0 Å². The first-order chi connectivity index (χ1) is 8.67. The van der Waals surface area contributed by atoms with E-state index in [1.165, 1.54) is 0 Å². The third-order valence-corrected chi connectivity index (χ3v) is 3.26. The average Bonchev–Trinajstić information content (AvgIpc) is 2.43. The van der Waals surface area contributed by atoms with Crippen molar-refractivity contribution >= 4 is 0 Å². The fourth-order valence-corrected chi connectivity index (χ4v) is 2.15. The fourth-order valence-electron chi connectivity index (χ4n) is 2.15. The molecule has 4 nitrogen and oxygen atoms in total. The summed E-state index contributed by atoms with van der Waals surface area (Å²) < 4.78 is 10.6. The van der Waals surface area contributed by atoms with Gasteiger partial charge in [0.05, 0.1) is 14.2 Å². The predicted octanol–water partition coefficient (Wildman–Crippen LogP) is 1.91. The number of hydrogen-bond donors (Lipinski definition) is 2. The van der Waals surface area contributed by atoms with E-state index < -0.39 is 0 Å². The minimum absolute atomic E-state index is 0.00171. The normalized spacial score (nSPS) is 14.1. The molecule has 1 rings (SSSR count). The number of ether oxygens (including phenoxy) is 2. The average molecular weight is 253 g/mol. The first-order valence-corrected chi connectivity index (χ1v) is 6.26. The van der Waals surface area contributed by atoms with E-state index in [1.54, 1.807) is 14.2 Å². The lowest BCUT2D eigenvalue weighted by Crippen LogP contribution is -2.28. The smallest absolute Gasteiger partial charge is 0.122 e. The Kier molecular flexibility index (Phi) is 5.95. The molecule has 0 saturated carbocycles. The highest BCUT2D eigenvalue weighted by Gasteiger charge is 2.22. The van der Waals surface area contributed by atoms with Crippen molar-refractivity contribution in [2.75, 3.05) is 20.8 Å². The van der Waals surface area contributed by atoms with Gasteiger partial charge >= 0.3 is 0 Å². The molecule has 0 radical (unpaired) electrons. The molecule has 2 unspecified atom stereocenters. The molecule has 0 aromatic heterocycles. The molecule has 0 aliphatic rings. The molecule has 4 heteroatoms. The minimum Gasteiger partial charge on any atom is -0.497 e. The standard InChI is InChI=1S/C14H23NO3/c1-4-13(15)11(7-8-16)12-9-10(17-2)5-6-14(12)18-3/h5-6,9,11,13,16H,4,7-8,15H2,1-3H3. The molecule has 1 aromatic carbocycles. The van der Waals surface area contributed by atoms with E-state index in [0.29, 0.717) is 6.42 Å². The summed E-state index contributed by atoms with van der Waals surface area (Å²) in [6.45, 7) is 2.15. The lowest BCUT2D eigenvalue weighted by molar-refractivity contribution is 0.264. The van der Waals surface area contributed by atoms with E-state index in [9.17, 15) is 5.11 Å². The third kappa shape index (κ3) is 3.37. The molecule has 0 amide bonds. The topological polar surface area (TPSA) is 64.7 Å². The number of nitrogens with two attached hydrogens (primary N) is 1. The van der Waals surface area contributed by atoms with Gasteiger partial charge in [-0.05, 0) is 31.0 Å². The third-order valence-electron chi connectivity index (χ3n) is 3.26. The molecule has 1 aromatic rings. The molecule has 0 bridgehead atoms. The number of aliphatic hydroxyl groups excluding tert-OH is 1. The Hall–Kier alpha value is -1.26. The monoisotopic (exact) mass is 253 g/mol. The van der Waals surface area contributed by atoms with Gasteiger partial charge in [0.15, 0.2) is 0 Å². The first-order valence-electron chi connectivity index (χ1n) is 6.26. The van der Waals surface area contributed by atoms with E-state index >= 15 is 0 Å². The summed E-state index contributed by atoms with van der Waals surface area (Å²) in [6.07, 6.45) is 1.48. The molecule has 18 heavy (non-hydrogen) atoms. The fraction of sp³-hybridized carbons (Fsp3) is 0.571. The van der Waals surface area contributed by atoms with Crippen LogP contribution in [0, 0.1) is 0 Å². The maximum atomic E-state index is 9.20. The van der Waals surface area contributed by atoms with Gasteiger partial charge < -0.3 is 20.3 Å². The Bertz CT molecular complexity index is 368. The van der Waals surface area contributed by atoms with Gasteiger partial charge in [0.2, 0.25) is 0 Å². The summed E-state index contributed by atoms with van der Waals surface area (Å²) in [4.78, 5) is 0. The number of hydrogen-bond acceptors (Lipinski definition) is 4. The molecule has 3 N–H and O–H groups in total. The van der Waals surface area contributed by atoms with Gasteiger partial charge in [-0.1, -0.05) is 6.92 Å². The van der Waals surface area contributed by atoms with E-state index in [1.807, 2.05) is 25.1 Å². The van der Waals surface area contributed by atoms with Crippen LogP contribution in [-0.4, -0.2) is 32.0 Å². The number of rotatable bonds is 7. The molecule has 2 atom stereocenters. The Morgan fingerprint density at radius 2 is 2.00 bits per heavy atom. The van der Waals surface area contributed by atoms with Crippen molar-refractivity contribution < 1.29 is 14.6 Å². The number of aliphatic hydroxyl groups is 1. The summed E-state index contributed by atoms with van der Waals surface area (Å²) in [5, 5.41) is 9.20. The number of methoxy groups -OCH3 is 2. The highest BCUT2D eigenvalue weighted by atomic mass is 16.5. The van der Waals surface area contributed by atoms with Crippen LogP contribution in [-0.2, 0) is 0 Å². The van der Waals surface area contributed by atoms with Crippen LogP contribution in [0.2, 0.25) is 0 Å². The molecule has 0 heterocycles. The highest BCUT2D eigenvalue weighted by Crippen LogP contribution is 2.34. The predicted molar refractivity (Wildman–Crippen MR) is 72.3 cm³/mol. The molecule has 0 spiro atoms. The molecule has 0 fully saturated rings. The lowest BCUT2D eigenvalue weighted by atomic mass is 9.87. The van der Waals surface area contributed by atoms with Crippen molar-refractivity contribution in [2.45, 2.75) is 31.7 Å². The molecule has 102 valence electrons. The zero-order valence-corrected chi connectivity index (χ0v) is 11.3. The molecule has 0 saturated heterocycles.